The number of carbonyl (C=O) groups is 3. The van der Waals surface area contributed by atoms with Gasteiger partial charge < -0.3 is 10.4 Å². The number of hydrogen-bond donors (Lipinski definition) is 2. The van der Waals surface area contributed by atoms with Gasteiger partial charge in [-0.1, -0.05) is 35.3 Å². The maximum atomic E-state index is 12.6. The number of anilines is 2. The van der Waals surface area contributed by atoms with E-state index in [1.165, 1.54) is 12.1 Å². The van der Waals surface area contributed by atoms with E-state index in [-0.39, 0.29) is 29.7 Å². The zero-order chi connectivity index (χ0) is 18.8. The summed E-state index contributed by atoms with van der Waals surface area (Å²) in [4.78, 5) is 36.7. The fraction of sp³-hybridized carbons (Fsp3) is 0.167. The number of nitrogens with one attached hydrogen (secondary N) is 1. The van der Waals surface area contributed by atoms with Gasteiger partial charge >= 0.3 is 5.97 Å². The molecule has 0 bridgehead atoms. The van der Waals surface area contributed by atoms with Crippen molar-refractivity contribution >= 4 is 52.4 Å². The van der Waals surface area contributed by atoms with Crippen molar-refractivity contribution < 1.29 is 19.5 Å². The van der Waals surface area contributed by atoms with E-state index in [1.54, 1.807) is 30.3 Å². The zero-order valence-electron chi connectivity index (χ0n) is 13.4. The standard InChI is InChI=1S/C18H14Cl2N2O4/c19-13-6-5-12(8-14(13)20)22-16(23)9-15(18(22)26)21-11-3-1-10(2-4-11)7-17(24)25/h1-6,8,15,21H,7,9H2,(H,24,25)/t15-/m1/s1. The number of carboxylic acids is 1. The Labute approximate surface area is 159 Å². The van der Waals surface area contributed by atoms with Crippen molar-refractivity contribution in [3.05, 3.63) is 58.1 Å². The van der Waals surface area contributed by atoms with Crippen LogP contribution in [0.4, 0.5) is 11.4 Å². The molecule has 1 saturated heterocycles. The Bertz CT molecular complexity index is 883. The van der Waals surface area contributed by atoms with Crippen molar-refractivity contribution in [3.8, 4) is 0 Å². The molecule has 2 N–H and O–H groups in total. The molecule has 0 unspecified atom stereocenters. The van der Waals surface area contributed by atoms with E-state index >= 15 is 0 Å². The third-order valence-electron chi connectivity index (χ3n) is 3.96. The highest BCUT2D eigenvalue weighted by atomic mass is 35.5. The predicted octanol–water partition coefficient (Wildman–Crippen LogP) is 3.36. The van der Waals surface area contributed by atoms with E-state index in [2.05, 4.69) is 5.32 Å². The third kappa shape index (κ3) is 3.81. The van der Waals surface area contributed by atoms with E-state index in [0.29, 0.717) is 22.0 Å². The molecule has 0 radical (unpaired) electrons. The van der Waals surface area contributed by atoms with Gasteiger partial charge in [-0.3, -0.25) is 14.4 Å². The van der Waals surface area contributed by atoms with E-state index in [1.807, 2.05) is 0 Å². The number of aliphatic carboxylic acids is 1. The monoisotopic (exact) mass is 392 g/mol. The molecule has 1 heterocycles. The van der Waals surface area contributed by atoms with Gasteiger partial charge in [-0.2, -0.15) is 0 Å². The van der Waals surface area contributed by atoms with Crippen LogP contribution in [0, 0.1) is 0 Å². The largest absolute Gasteiger partial charge is 0.481 e. The maximum absolute atomic E-state index is 12.6. The summed E-state index contributed by atoms with van der Waals surface area (Å²) in [5.41, 5.74) is 1.64. The first-order valence-corrected chi connectivity index (χ1v) is 8.50. The quantitative estimate of drug-likeness (QED) is 0.761. The molecule has 6 nitrogen and oxygen atoms in total. The summed E-state index contributed by atoms with van der Waals surface area (Å²) in [5, 5.41) is 12.4. The number of hydrogen-bond acceptors (Lipinski definition) is 4. The summed E-state index contributed by atoms with van der Waals surface area (Å²) in [6, 6.07) is 10.5. The fourth-order valence-corrected chi connectivity index (χ4v) is 3.03. The van der Waals surface area contributed by atoms with Crippen LogP contribution in [-0.2, 0) is 20.8 Å². The Balaban J connectivity index is 1.74. The summed E-state index contributed by atoms with van der Waals surface area (Å²) in [5.74, 6) is -1.64. The van der Waals surface area contributed by atoms with Gasteiger partial charge in [-0.15, -0.1) is 0 Å². The Kier molecular flexibility index (Phi) is 5.15. The second-order valence-electron chi connectivity index (χ2n) is 5.83. The minimum absolute atomic E-state index is 0.00988. The lowest BCUT2D eigenvalue weighted by Crippen LogP contribution is -2.34. The number of amides is 2. The van der Waals surface area contributed by atoms with Gasteiger partial charge in [-0.25, -0.2) is 4.90 Å². The lowest BCUT2D eigenvalue weighted by molar-refractivity contribution is -0.136. The van der Waals surface area contributed by atoms with E-state index in [4.69, 9.17) is 28.3 Å². The second-order valence-corrected chi connectivity index (χ2v) is 6.65. The van der Waals surface area contributed by atoms with Crippen molar-refractivity contribution in [1.82, 2.24) is 0 Å². The predicted molar refractivity (Wildman–Crippen MR) is 98.8 cm³/mol. The van der Waals surface area contributed by atoms with Gasteiger partial charge in [0.25, 0.3) is 5.91 Å². The average molecular weight is 393 g/mol. The molecule has 0 spiro atoms. The van der Waals surface area contributed by atoms with E-state index < -0.39 is 12.0 Å². The first-order chi connectivity index (χ1) is 12.3. The number of nitrogens with zero attached hydrogens (tertiary/aromatic N) is 1. The van der Waals surface area contributed by atoms with Gasteiger partial charge in [-0.05, 0) is 35.9 Å². The Morgan fingerprint density at radius 3 is 2.42 bits per heavy atom. The molecule has 1 atom stereocenters. The lowest BCUT2D eigenvalue weighted by atomic mass is 10.1. The number of carbonyl (C=O) groups excluding carboxylic acids is 2. The smallest absolute Gasteiger partial charge is 0.307 e. The molecule has 0 saturated carbocycles. The van der Waals surface area contributed by atoms with Crippen LogP contribution in [0.2, 0.25) is 10.0 Å². The molecule has 26 heavy (non-hydrogen) atoms. The Hall–Kier alpha value is -2.57. The Morgan fingerprint density at radius 2 is 1.81 bits per heavy atom. The molecule has 0 aromatic heterocycles. The van der Waals surface area contributed by atoms with Gasteiger partial charge in [0.15, 0.2) is 0 Å². The number of imide groups is 1. The fourth-order valence-electron chi connectivity index (χ4n) is 2.73. The third-order valence-corrected chi connectivity index (χ3v) is 4.70. The van der Waals surface area contributed by atoms with E-state index in [9.17, 15) is 14.4 Å². The molecule has 2 amide bonds. The summed E-state index contributed by atoms with van der Waals surface area (Å²) >= 11 is 11.8. The zero-order valence-corrected chi connectivity index (χ0v) is 14.9. The average Bonchev–Trinajstić information content (AvgIpc) is 2.85. The molecule has 0 aliphatic carbocycles. The molecule has 3 rings (SSSR count). The second kappa shape index (κ2) is 7.35. The molecule has 1 fully saturated rings. The SMILES string of the molecule is O=C(O)Cc1ccc(N[C@@H]2CC(=O)N(c3ccc(Cl)c(Cl)c3)C2=O)cc1. The van der Waals surface area contributed by atoms with Crippen molar-refractivity contribution in [2.75, 3.05) is 10.2 Å². The summed E-state index contributed by atoms with van der Waals surface area (Å²) in [7, 11) is 0. The Morgan fingerprint density at radius 1 is 1.12 bits per heavy atom. The molecular weight excluding hydrogens is 379 g/mol. The summed E-state index contributed by atoms with van der Waals surface area (Å²) in [6.07, 6.45) is -0.0673. The maximum Gasteiger partial charge on any atom is 0.307 e. The summed E-state index contributed by atoms with van der Waals surface area (Å²) in [6.45, 7) is 0. The molecule has 8 heteroatoms. The minimum Gasteiger partial charge on any atom is -0.481 e. The normalized spacial score (nSPS) is 16.8. The number of carboxylic acid groups (broad SMARTS) is 1. The van der Waals surface area contributed by atoms with Gasteiger partial charge in [0.2, 0.25) is 5.91 Å². The van der Waals surface area contributed by atoms with Crippen LogP contribution in [0.25, 0.3) is 0 Å². The highest BCUT2D eigenvalue weighted by molar-refractivity contribution is 6.42. The van der Waals surface area contributed by atoms with Crippen LogP contribution in [0.1, 0.15) is 12.0 Å². The van der Waals surface area contributed by atoms with Crippen LogP contribution in [0.15, 0.2) is 42.5 Å². The highest BCUT2D eigenvalue weighted by Gasteiger charge is 2.39. The number of halogens is 2. The summed E-state index contributed by atoms with van der Waals surface area (Å²) < 4.78 is 0. The highest BCUT2D eigenvalue weighted by Crippen LogP contribution is 2.30. The van der Waals surface area contributed by atoms with Crippen molar-refractivity contribution in [3.63, 3.8) is 0 Å². The first-order valence-electron chi connectivity index (χ1n) is 7.74. The molecule has 1 aliphatic heterocycles. The van der Waals surface area contributed by atoms with E-state index in [0.717, 1.165) is 4.90 Å². The van der Waals surface area contributed by atoms with Gasteiger partial charge in [0, 0.05) is 5.69 Å². The molecule has 2 aromatic carbocycles. The molecule has 134 valence electrons. The molecular formula is C18H14Cl2N2O4. The van der Waals surface area contributed by atoms with Gasteiger partial charge in [0.05, 0.1) is 28.6 Å². The lowest BCUT2D eigenvalue weighted by Gasteiger charge is -2.16. The van der Waals surface area contributed by atoms with Crippen molar-refractivity contribution in [1.29, 1.82) is 0 Å². The number of benzene rings is 2. The van der Waals surface area contributed by atoms with Crippen molar-refractivity contribution in [2.45, 2.75) is 18.9 Å². The minimum atomic E-state index is -0.917. The van der Waals surface area contributed by atoms with Crippen LogP contribution in [0.3, 0.4) is 0 Å². The number of rotatable bonds is 5. The molecule has 1 aliphatic rings. The van der Waals surface area contributed by atoms with Crippen LogP contribution < -0.4 is 10.2 Å². The van der Waals surface area contributed by atoms with Crippen molar-refractivity contribution in [2.24, 2.45) is 0 Å². The van der Waals surface area contributed by atoms with Crippen LogP contribution in [0.5, 0.6) is 0 Å². The van der Waals surface area contributed by atoms with Crippen LogP contribution in [-0.4, -0.2) is 28.9 Å². The van der Waals surface area contributed by atoms with Gasteiger partial charge in [0.1, 0.15) is 6.04 Å². The topological polar surface area (TPSA) is 86.7 Å². The molecule has 2 aromatic rings. The first kappa shape index (κ1) is 18.2. The van der Waals surface area contributed by atoms with Crippen LogP contribution >= 0.6 is 23.2 Å².